The predicted molar refractivity (Wildman–Crippen MR) is 126 cm³/mol. The van der Waals surface area contributed by atoms with Crippen LogP contribution in [-0.2, 0) is 20.2 Å². The quantitative estimate of drug-likeness (QED) is 0.650. The third-order valence-electron chi connectivity index (χ3n) is 6.28. The van der Waals surface area contributed by atoms with Crippen LogP contribution in [-0.4, -0.2) is 44.9 Å². The van der Waals surface area contributed by atoms with Crippen LogP contribution in [0.4, 0.5) is 0 Å². The molecule has 0 unspecified atom stereocenters. The van der Waals surface area contributed by atoms with E-state index in [2.05, 4.69) is 31.3 Å². The van der Waals surface area contributed by atoms with Crippen LogP contribution < -0.4 is 10.1 Å². The number of benzene rings is 2. The minimum absolute atomic E-state index is 0.0165. The van der Waals surface area contributed by atoms with Gasteiger partial charge in [-0.25, -0.2) is 8.42 Å². The fraction of sp³-hybridized carbons (Fsp3) is 0.480. The van der Waals surface area contributed by atoms with E-state index in [4.69, 9.17) is 4.74 Å². The number of nitrogens with one attached hydrogen (secondary N) is 1. The van der Waals surface area contributed by atoms with Gasteiger partial charge in [-0.3, -0.25) is 4.79 Å². The Bertz CT molecular complexity index is 996. The molecule has 1 aliphatic rings. The van der Waals surface area contributed by atoms with Crippen LogP contribution in [0.15, 0.2) is 59.5 Å². The molecule has 1 N–H and O–H groups in total. The van der Waals surface area contributed by atoms with E-state index in [1.807, 2.05) is 25.1 Å². The molecule has 0 saturated carbocycles. The number of sulfonamides is 1. The molecule has 1 fully saturated rings. The van der Waals surface area contributed by atoms with Gasteiger partial charge >= 0.3 is 0 Å². The molecule has 3 rings (SSSR count). The molecule has 1 amide bonds. The predicted octanol–water partition coefficient (Wildman–Crippen LogP) is 3.97. The van der Waals surface area contributed by atoms with Crippen molar-refractivity contribution < 1.29 is 17.9 Å². The molecule has 6 nitrogen and oxygen atoms in total. The molecule has 1 heterocycles. The average Bonchev–Trinajstić information content (AvgIpc) is 2.79. The van der Waals surface area contributed by atoms with Gasteiger partial charge in [0.1, 0.15) is 5.75 Å². The number of carbonyl (C=O) groups excluding carboxylic acids is 1. The molecule has 0 bridgehead atoms. The number of amides is 1. The fourth-order valence-corrected chi connectivity index (χ4v) is 5.91. The Balaban J connectivity index is 1.53. The van der Waals surface area contributed by atoms with E-state index < -0.39 is 10.0 Å². The largest absolute Gasteiger partial charge is 0.497 e. The average molecular weight is 459 g/mol. The molecule has 0 spiro atoms. The number of hydrogen-bond donors (Lipinski definition) is 1. The van der Waals surface area contributed by atoms with Crippen LogP contribution in [0, 0.1) is 5.92 Å². The maximum Gasteiger partial charge on any atom is 0.243 e. The van der Waals surface area contributed by atoms with Gasteiger partial charge in [-0.1, -0.05) is 44.2 Å². The summed E-state index contributed by atoms with van der Waals surface area (Å²) >= 11 is 0. The highest BCUT2D eigenvalue weighted by atomic mass is 32.2. The van der Waals surface area contributed by atoms with Gasteiger partial charge in [-0.05, 0) is 61.4 Å². The SMILES string of the molecule is COc1ccc(S(=O)(=O)N2CCC(C(=O)N[C@@H](C)CC(C)(C)c3ccccc3)CC2)cc1. The first-order valence-electron chi connectivity index (χ1n) is 11.1. The van der Waals surface area contributed by atoms with Crippen molar-refractivity contribution >= 4 is 15.9 Å². The summed E-state index contributed by atoms with van der Waals surface area (Å²) in [5, 5.41) is 3.15. The Morgan fingerprint density at radius 1 is 1.09 bits per heavy atom. The first-order chi connectivity index (χ1) is 15.1. The molecular weight excluding hydrogens is 424 g/mol. The lowest BCUT2D eigenvalue weighted by molar-refractivity contribution is -0.126. The number of nitrogens with zero attached hydrogens (tertiary/aromatic N) is 1. The summed E-state index contributed by atoms with van der Waals surface area (Å²) < 4.78 is 32.4. The minimum Gasteiger partial charge on any atom is -0.497 e. The smallest absolute Gasteiger partial charge is 0.243 e. The highest BCUT2D eigenvalue weighted by molar-refractivity contribution is 7.89. The van der Waals surface area contributed by atoms with Crippen LogP contribution in [0.25, 0.3) is 0 Å². The van der Waals surface area contributed by atoms with E-state index in [-0.39, 0.29) is 28.2 Å². The first kappa shape index (κ1) is 24.3. The lowest BCUT2D eigenvalue weighted by Crippen LogP contribution is -2.45. The van der Waals surface area contributed by atoms with Gasteiger partial charge in [-0.2, -0.15) is 4.31 Å². The van der Waals surface area contributed by atoms with Crippen molar-refractivity contribution in [3.8, 4) is 5.75 Å². The number of carbonyl (C=O) groups is 1. The molecule has 2 aromatic carbocycles. The zero-order valence-corrected chi connectivity index (χ0v) is 20.2. The molecule has 0 aliphatic carbocycles. The van der Waals surface area contributed by atoms with Crippen molar-refractivity contribution in [1.82, 2.24) is 9.62 Å². The maximum atomic E-state index is 12.9. The number of piperidine rings is 1. The third kappa shape index (κ3) is 5.70. The molecule has 0 radical (unpaired) electrons. The van der Waals surface area contributed by atoms with Crippen molar-refractivity contribution in [1.29, 1.82) is 0 Å². The number of hydrogen-bond acceptors (Lipinski definition) is 4. The zero-order chi connectivity index (χ0) is 23.4. The summed E-state index contributed by atoms with van der Waals surface area (Å²) in [7, 11) is -2.02. The fourth-order valence-electron chi connectivity index (χ4n) is 4.44. The van der Waals surface area contributed by atoms with Crippen LogP contribution in [0.3, 0.4) is 0 Å². The highest BCUT2D eigenvalue weighted by Gasteiger charge is 2.33. The molecule has 1 atom stereocenters. The molecule has 1 aliphatic heterocycles. The van der Waals surface area contributed by atoms with Crippen molar-refractivity contribution in [3.63, 3.8) is 0 Å². The molecular formula is C25H34N2O4S. The Hall–Kier alpha value is -2.38. The van der Waals surface area contributed by atoms with Crippen LogP contribution in [0.2, 0.25) is 0 Å². The van der Waals surface area contributed by atoms with E-state index >= 15 is 0 Å². The number of methoxy groups -OCH3 is 1. The summed E-state index contributed by atoms with van der Waals surface area (Å²) in [5.74, 6) is 0.464. The van der Waals surface area contributed by atoms with Gasteiger partial charge in [0.2, 0.25) is 15.9 Å². The van der Waals surface area contributed by atoms with E-state index in [9.17, 15) is 13.2 Å². The van der Waals surface area contributed by atoms with Crippen molar-refractivity contribution in [3.05, 3.63) is 60.2 Å². The molecule has 0 aromatic heterocycles. The maximum absolute atomic E-state index is 12.9. The molecule has 32 heavy (non-hydrogen) atoms. The Morgan fingerprint density at radius 2 is 1.69 bits per heavy atom. The van der Waals surface area contributed by atoms with Crippen LogP contribution in [0.5, 0.6) is 5.75 Å². The van der Waals surface area contributed by atoms with Crippen LogP contribution in [0.1, 0.15) is 45.6 Å². The van der Waals surface area contributed by atoms with Gasteiger partial charge < -0.3 is 10.1 Å². The molecule has 7 heteroatoms. The lowest BCUT2D eigenvalue weighted by Gasteiger charge is -2.33. The van der Waals surface area contributed by atoms with Crippen molar-refractivity contribution in [2.24, 2.45) is 5.92 Å². The topological polar surface area (TPSA) is 75.7 Å². The number of rotatable bonds is 8. The monoisotopic (exact) mass is 458 g/mol. The highest BCUT2D eigenvalue weighted by Crippen LogP contribution is 2.29. The van der Waals surface area contributed by atoms with E-state index in [0.717, 1.165) is 6.42 Å². The third-order valence-corrected chi connectivity index (χ3v) is 8.20. The van der Waals surface area contributed by atoms with E-state index in [1.54, 1.807) is 31.4 Å². The lowest BCUT2D eigenvalue weighted by atomic mass is 9.79. The normalized spacial score (nSPS) is 17.0. The minimum atomic E-state index is -3.57. The van der Waals surface area contributed by atoms with Crippen LogP contribution >= 0.6 is 0 Å². The summed E-state index contributed by atoms with van der Waals surface area (Å²) in [4.78, 5) is 13.1. The van der Waals surface area contributed by atoms with E-state index in [0.29, 0.717) is 31.7 Å². The standard InChI is InChI=1S/C25H34N2O4S/c1-19(18-25(2,3)21-8-6-5-7-9-21)26-24(28)20-14-16-27(17-15-20)32(29,30)23-12-10-22(31-4)11-13-23/h5-13,19-20H,14-18H2,1-4H3,(H,26,28)/t19-/m0/s1. The summed E-state index contributed by atoms with van der Waals surface area (Å²) in [6, 6.07) is 16.7. The second-order valence-electron chi connectivity index (χ2n) is 9.22. The molecule has 174 valence electrons. The van der Waals surface area contributed by atoms with Gasteiger partial charge in [0, 0.05) is 25.0 Å². The van der Waals surface area contributed by atoms with E-state index in [1.165, 1.54) is 9.87 Å². The number of ether oxygens (including phenoxy) is 1. The van der Waals surface area contributed by atoms with Gasteiger partial charge in [0.15, 0.2) is 0 Å². The second-order valence-corrected chi connectivity index (χ2v) is 11.2. The summed E-state index contributed by atoms with van der Waals surface area (Å²) in [6.45, 7) is 7.10. The Morgan fingerprint density at radius 3 is 2.25 bits per heavy atom. The van der Waals surface area contributed by atoms with Crippen molar-refractivity contribution in [2.75, 3.05) is 20.2 Å². The summed E-state index contributed by atoms with van der Waals surface area (Å²) in [6.07, 6.45) is 1.87. The zero-order valence-electron chi connectivity index (χ0n) is 19.4. The Kier molecular flexibility index (Phi) is 7.62. The molecule has 1 saturated heterocycles. The van der Waals surface area contributed by atoms with Gasteiger partial charge in [0.05, 0.1) is 12.0 Å². The Labute approximate surface area is 192 Å². The first-order valence-corrected chi connectivity index (χ1v) is 12.6. The molecule has 2 aromatic rings. The summed E-state index contributed by atoms with van der Waals surface area (Å²) in [5.41, 5.74) is 1.20. The van der Waals surface area contributed by atoms with Gasteiger partial charge in [-0.15, -0.1) is 0 Å². The second kappa shape index (κ2) is 10.0. The van der Waals surface area contributed by atoms with Crippen molar-refractivity contribution in [2.45, 2.75) is 56.4 Å². The van der Waals surface area contributed by atoms with Gasteiger partial charge in [0.25, 0.3) is 0 Å².